The highest BCUT2D eigenvalue weighted by Gasteiger charge is 2.26. The molecule has 1 heterocycles. The SMILES string of the molecule is Cc1ccc(C)c(SCC(=O)c2ccc(S(=O)(=O)N3CCOCC3)cc2)c1. The van der Waals surface area contributed by atoms with Crippen molar-refractivity contribution in [1.29, 1.82) is 0 Å². The van der Waals surface area contributed by atoms with E-state index in [1.54, 1.807) is 12.1 Å². The van der Waals surface area contributed by atoms with Gasteiger partial charge in [0, 0.05) is 23.5 Å². The Hall–Kier alpha value is -1.67. The lowest BCUT2D eigenvalue weighted by atomic mass is 10.1. The van der Waals surface area contributed by atoms with Crippen LogP contribution in [0.25, 0.3) is 0 Å². The number of ketones is 1. The van der Waals surface area contributed by atoms with Gasteiger partial charge < -0.3 is 4.74 Å². The molecule has 1 fully saturated rings. The van der Waals surface area contributed by atoms with E-state index in [1.165, 1.54) is 28.2 Å². The van der Waals surface area contributed by atoms with E-state index in [1.807, 2.05) is 19.9 Å². The van der Waals surface area contributed by atoms with Gasteiger partial charge >= 0.3 is 0 Å². The van der Waals surface area contributed by atoms with E-state index in [-0.39, 0.29) is 10.7 Å². The standard InChI is InChI=1S/C20H23NO4S2/c1-15-3-4-16(2)20(13-15)26-14-19(22)17-5-7-18(8-6-17)27(23,24)21-9-11-25-12-10-21/h3-8,13H,9-12,14H2,1-2H3. The number of aryl methyl sites for hydroxylation is 2. The second-order valence-electron chi connectivity index (χ2n) is 6.52. The number of carbonyl (C=O) groups excluding carboxylic acids is 1. The van der Waals surface area contributed by atoms with Crippen LogP contribution in [0, 0.1) is 13.8 Å². The fraction of sp³-hybridized carbons (Fsp3) is 0.350. The number of hydrogen-bond donors (Lipinski definition) is 0. The predicted octanol–water partition coefficient (Wildman–Crippen LogP) is 3.30. The molecule has 1 aliphatic heterocycles. The monoisotopic (exact) mass is 405 g/mol. The zero-order valence-electron chi connectivity index (χ0n) is 15.5. The van der Waals surface area contributed by atoms with Gasteiger partial charge in [-0.05, 0) is 37.6 Å². The highest BCUT2D eigenvalue weighted by molar-refractivity contribution is 8.00. The lowest BCUT2D eigenvalue weighted by Gasteiger charge is -2.26. The molecule has 2 aromatic rings. The third-order valence-electron chi connectivity index (χ3n) is 4.49. The fourth-order valence-corrected chi connectivity index (χ4v) is 5.26. The zero-order chi connectivity index (χ0) is 19.4. The third kappa shape index (κ3) is 4.79. The Labute approximate surface area is 164 Å². The second-order valence-corrected chi connectivity index (χ2v) is 9.48. The molecule has 0 aliphatic carbocycles. The summed E-state index contributed by atoms with van der Waals surface area (Å²) in [6.07, 6.45) is 0. The molecule has 0 amide bonds. The summed E-state index contributed by atoms with van der Waals surface area (Å²) < 4.78 is 31.9. The fourth-order valence-electron chi connectivity index (χ4n) is 2.84. The van der Waals surface area contributed by atoms with E-state index < -0.39 is 10.0 Å². The van der Waals surface area contributed by atoms with Gasteiger partial charge in [0.1, 0.15) is 0 Å². The maximum absolute atomic E-state index is 12.6. The van der Waals surface area contributed by atoms with E-state index in [2.05, 4.69) is 12.1 Å². The Bertz CT molecular complexity index is 917. The van der Waals surface area contributed by atoms with Crippen LogP contribution in [0.4, 0.5) is 0 Å². The summed E-state index contributed by atoms with van der Waals surface area (Å²) in [6.45, 7) is 5.58. The molecule has 1 saturated heterocycles. The first kappa shape index (κ1) is 20.1. The Balaban J connectivity index is 1.67. The molecule has 5 nitrogen and oxygen atoms in total. The largest absolute Gasteiger partial charge is 0.379 e. The third-order valence-corrected chi connectivity index (χ3v) is 7.56. The predicted molar refractivity (Wildman–Crippen MR) is 107 cm³/mol. The summed E-state index contributed by atoms with van der Waals surface area (Å²) >= 11 is 1.51. The first-order chi connectivity index (χ1) is 12.9. The maximum Gasteiger partial charge on any atom is 0.243 e. The van der Waals surface area contributed by atoms with E-state index in [0.29, 0.717) is 37.6 Å². The van der Waals surface area contributed by atoms with Crippen LogP contribution in [0.5, 0.6) is 0 Å². The Morgan fingerprint density at radius 1 is 1.07 bits per heavy atom. The first-order valence-corrected chi connectivity index (χ1v) is 11.2. The van der Waals surface area contributed by atoms with Crippen molar-refractivity contribution >= 4 is 27.6 Å². The van der Waals surface area contributed by atoms with E-state index in [9.17, 15) is 13.2 Å². The van der Waals surface area contributed by atoms with E-state index in [0.717, 1.165) is 16.0 Å². The number of nitrogens with zero attached hydrogens (tertiary/aromatic N) is 1. The van der Waals surface area contributed by atoms with Crippen molar-refractivity contribution in [2.45, 2.75) is 23.6 Å². The zero-order valence-corrected chi connectivity index (χ0v) is 17.1. The van der Waals surface area contributed by atoms with Crippen molar-refractivity contribution in [3.63, 3.8) is 0 Å². The van der Waals surface area contributed by atoms with Gasteiger partial charge in [0.25, 0.3) is 0 Å². The van der Waals surface area contributed by atoms with Crippen molar-refractivity contribution in [2.24, 2.45) is 0 Å². The molecule has 0 saturated carbocycles. The van der Waals surface area contributed by atoms with Crippen molar-refractivity contribution in [3.8, 4) is 0 Å². The van der Waals surface area contributed by atoms with Crippen LogP contribution in [-0.2, 0) is 14.8 Å². The van der Waals surface area contributed by atoms with Crippen molar-refractivity contribution in [1.82, 2.24) is 4.31 Å². The van der Waals surface area contributed by atoms with Gasteiger partial charge in [0.15, 0.2) is 5.78 Å². The van der Waals surface area contributed by atoms with Gasteiger partial charge in [0.2, 0.25) is 10.0 Å². The molecule has 0 aromatic heterocycles. The minimum atomic E-state index is -3.53. The van der Waals surface area contributed by atoms with Crippen molar-refractivity contribution in [3.05, 3.63) is 59.2 Å². The number of carbonyl (C=O) groups is 1. The normalized spacial score (nSPS) is 15.6. The van der Waals surface area contributed by atoms with Gasteiger partial charge in [-0.15, -0.1) is 11.8 Å². The molecule has 0 atom stereocenters. The molecule has 0 N–H and O–H groups in total. The summed E-state index contributed by atoms with van der Waals surface area (Å²) in [7, 11) is -3.53. The van der Waals surface area contributed by atoms with Gasteiger partial charge in [0.05, 0.1) is 23.9 Å². The minimum Gasteiger partial charge on any atom is -0.379 e. The molecule has 7 heteroatoms. The number of morpholine rings is 1. The Morgan fingerprint density at radius 3 is 2.41 bits per heavy atom. The van der Waals surface area contributed by atoms with Crippen LogP contribution < -0.4 is 0 Å². The second kappa shape index (κ2) is 8.56. The van der Waals surface area contributed by atoms with Gasteiger partial charge in [-0.1, -0.05) is 29.8 Å². The summed E-state index contributed by atoms with van der Waals surface area (Å²) in [6, 6.07) is 12.4. The Kier molecular flexibility index (Phi) is 6.37. The van der Waals surface area contributed by atoms with Gasteiger partial charge in [-0.3, -0.25) is 4.79 Å². The molecular formula is C20H23NO4S2. The molecule has 0 spiro atoms. The van der Waals surface area contributed by atoms with E-state index >= 15 is 0 Å². The number of benzene rings is 2. The van der Waals surface area contributed by atoms with Crippen LogP contribution in [-0.4, -0.2) is 50.6 Å². The average molecular weight is 406 g/mol. The number of rotatable bonds is 6. The number of thioether (sulfide) groups is 1. The maximum atomic E-state index is 12.6. The number of sulfonamides is 1. The molecule has 27 heavy (non-hydrogen) atoms. The summed E-state index contributed by atoms with van der Waals surface area (Å²) in [5.41, 5.74) is 2.83. The number of hydrogen-bond acceptors (Lipinski definition) is 5. The molecule has 144 valence electrons. The van der Waals surface area contributed by atoms with Crippen molar-refractivity contribution < 1.29 is 17.9 Å². The van der Waals surface area contributed by atoms with Crippen LogP contribution in [0.2, 0.25) is 0 Å². The highest BCUT2D eigenvalue weighted by atomic mass is 32.2. The van der Waals surface area contributed by atoms with Crippen LogP contribution >= 0.6 is 11.8 Å². The molecule has 1 aliphatic rings. The van der Waals surface area contributed by atoms with Gasteiger partial charge in [-0.25, -0.2) is 8.42 Å². The van der Waals surface area contributed by atoms with Crippen LogP contribution in [0.3, 0.4) is 0 Å². The average Bonchev–Trinajstić information content (AvgIpc) is 2.69. The van der Waals surface area contributed by atoms with Crippen LogP contribution in [0.15, 0.2) is 52.3 Å². The smallest absolute Gasteiger partial charge is 0.243 e. The number of ether oxygens (including phenoxy) is 1. The molecule has 0 unspecified atom stereocenters. The summed E-state index contributed by atoms with van der Waals surface area (Å²) in [5.74, 6) is 0.302. The summed E-state index contributed by atoms with van der Waals surface area (Å²) in [5, 5.41) is 0. The Morgan fingerprint density at radius 2 is 1.74 bits per heavy atom. The highest BCUT2D eigenvalue weighted by Crippen LogP contribution is 2.25. The summed E-state index contributed by atoms with van der Waals surface area (Å²) in [4.78, 5) is 13.8. The quantitative estimate of drug-likeness (QED) is 0.545. The number of Topliss-reactive ketones (excluding diaryl/α,β-unsaturated/α-hetero) is 1. The molecule has 0 radical (unpaired) electrons. The van der Waals surface area contributed by atoms with Crippen LogP contribution in [0.1, 0.15) is 21.5 Å². The topological polar surface area (TPSA) is 63.7 Å². The molecule has 0 bridgehead atoms. The minimum absolute atomic E-state index is 0.0174. The van der Waals surface area contributed by atoms with E-state index in [4.69, 9.17) is 4.74 Å². The molecule has 3 rings (SSSR count). The first-order valence-electron chi connectivity index (χ1n) is 8.79. The lowest BCUT2D eigenvalue weighted by Crippen LogP contribution is -2.40. The lowest BCUT2D eigenvalue weighted by molar-refractivity contribution is 0.0730. The molecule has 2 aromatic carbocycles. The van der Waals surface area contributed by atoms with Crippen molar-refractivity contribution in [2.75, 3.05) is 32.1 Å². The molecular weight excluding hydrogens is 382 g/mol. The van der Waals surface area contributed by atoms with Gasteiger partial charge in [-0.2, -0.15) is 4.31 Å².